The summed E-state index contributed by atoms with van der Waals surface area (Å²) in [5.41, 5.74) is 6.74. The van der Waals surface area contributed by atoms with Gasteiger partial charge in [-0.3, -0.25) is 14.4 Å². The lowest BCUT2D eigenvalue weighted by Gasteiger charge is -2.21. The van der Waals surface area contributed by atoms with E-state index in [0.29, 0.717) is 21.5 Å². The predicted octanol–water partition coefficient (Wildman–Crippen LogP) is 3.87. The number of pyridine rings is 1. The van der Waals surface area contributed by atoms with Gasteiger partial charge >= 0.3 is 6.01 Å². The van der Waals surface area contributed by atoms with Crippen LogP contribution < -0.4 is 26.7 Å². The van der Waals surface area contributed by atoms with E-state index in [0.717, 1.165) is 0 Å². The van der Waals surface area contributed by atoms with Gasteiger partial charge in [0.1, 0.15) is 11.2 Å². The average Bonchev–Trinajstić information content (AvgIpc) is 2.91. The standard InChI is InChI=1S/C26H22Cl2N6O4/c1-13(11-29)21(14-4-3-5-17(27)8-14)32-23(35)15-6-7-19(28)20(10-15)31-24(36)18-9-16-12-30-26(38-2)34-22(16)33-25(18)37/h3-10,12,21H,1,11,29H2,2H3,(H,31,36)(H,32,35)(H,30,33,34,37)/t21-/m0/s1. The van der Waals surface area contributed by atoms with Crippen molar-refractivity contribution in [3.8, 4) is 6.01 Å². The van der Waals surface area contributed by atoms with Crippen molar-refractivity contribution >= 4 is 51.7 Å². The first-order valence-electron chi connectivity index (χ1n) is 11.2. The Bertz CT molecular complexity index is 1620. The van der Waals surface area contributed by atoms with E-state index in [4.69, 9.17) is 33.7 Å². The fourth-order valence-electron chi connectivity index (χ4n) is 3.64. The highest BCUT2D eigenvalue weighted by Crippen LogP contribution is 2.26. The van der Waals surface area contributed by atoms with Crippen LogP contribution in [0.4, 0.5) is 5.69 Å². The zero-order chi connectivity index (χ0) is 27.4. The molecule has 4 rings (SSSR count). The molecule has 2 amide bonds. The number of nitrogens with one attached hydrogen (secondary N) is 3. The van der Waals surface area contributed by atoms with Crippen LogP contribution in [0.3, 0.4) is 0 Å². The summed E-state index contributed by atoms with van der Waals surface area (Å²) in [5.74, 6) is -1.21. The Morgan fingerprint density at radius 3 is 2.66 bits per heavy atom. The van der Waals surface area contributed by atoms with Gasteiger partial charge in [0.05, 0.1) is 23.9 Å². The number of ether oxygens (including phenoxy) is 1. The van der Waals surface area contributed by atoms with Crippen molar-refractivity contribution < 1.29 is 14.3 Å². The van der Waals surface area contributed by atoms with Crippen LogP contribution in [0.25, 0.3) is 11.0 Å². The molecule has 0 saturated carbocycles. The molecule has 5 N–H and O–H groups in total. The molecule has 1 atom stereocenters. The Balaban J connectivity index is 1.59. The molecule has 0 saturated heterocycles. The van der Waals surface area contributed by atoms with Crippen molar-refractivity contribution in [2.45, 2.75) is 6.04 Å². The summed E-state index contributed by atoms with van der Waals surface area (Å²) in [6, 6.07) is 12.2. The second-order valence-corrected chi connectivity index (χ2v) is 8.99. The van der Waals surface area contributed by atoms with E-state index in [1.54, 1.807) is 24.3 Å². The highest BCUT2D eigenvalue weighted by molar-refractivity contribution is 6.34. The normalized spacial score (nSPS) is 11.6. The largest absolute Gasteiger partial charge is 0.467 e. The highest BCUT2D eigenvalue weighted by atomic mass is 35.5. The number of H-pyrrole nitrogens is 1. The quantitative estimate of drug-likeness (QED) is 0.242. The number of aromatic amines is 1. The number of aromatic nitrogens is 3. The summed E-state index contributed by atoms with van der Waals surface area (Å²) < 4.78 is 4.95. The number of rotatable bonds is 8. The lowest BCUT2D eigenvalue weighted by Crippen LogP contribution is -2.31. The molecule has 2 heterocycles. The van der Waals surface area contributed by atoms with Crippen molar-refractivity contribution in [1.29, 1.82) is 0 Å². The van der Waals surface area contributed by atoms with Crippen LogP contribution in [-0.2, 0) is 0 Å². The lowest BCUT2D eigenvalue weighted by atomic mass is 9.99. The Morgan fingerprint density at radius 2 is 1.95 bits per heavy atom. The summed E-state index contributed by atoms with van der Waals surface area (Å²) in [5, 5.41) is 6.55. The molecule has 0 aliphatic heterocycles. The van der Waals surface area contributed by atoms with Crippen molar-refractivity contribution in [3.05, 3.63) is 104 Å². The van der Waals surface area contributed by atoms with Gasteiger partial charge in [-0.15, -0.1) is 0 Å². The maximum Gasteiger partial charge on any atom is 0.318 e. The zero-order valence-corrected chi connectivity index (χ0v) is 21.6. The Morgan fingerprint density at radius 1 is 1.16 bits per heavy atom. The number of carbonyl (C=O) groups excluding carboxylic acids is 2. The maximum atomic E-state index is 13.1. The third-order valence-electron chi connectivity index (χ3n) is 5.60. The molecule has 194 valence electrons. The van der Waals surface area contributed by atoms with Gasteiger partial charge in [-0.1, -0.05) is 41.9 Å². The van der Waals surface area contributed by atoms with Crippen LogP contribution in [0.1, 0.15) is 32.3 Å². The Labute approximate surface area is 226 Å². The van der Waals surface area contributed by atoms with Gasteiger partial charge in [-0.05, 0) is 47.5 Å². The lowest BCUT2D eigenvalue weighted by molar-refractivity contribution is 0.0941. The third-order valence-corrected chi connectivity index (χ3v) is 6.17. The molecule has 12 heteroatoms. The molecule has 0 aliphatic carbocycles. The molecular weight excluding hydrogens is 531 g/mol. The molecule has 4 aromatic rings. The molecule has 0 unspecified atom stereocenters. The number of benzene rings is 2. The van der Waals surface area contributed by atoms with Gasteiger partial charge in [-0.2, -0.15) is 4.98 Å². The molecule has 0 spiro atoms. The van der Waals surface area contributed by atoms with Gasteiger partial charge in [0.25, 0.3) is 17.4 Å². The summed E-state index contributed by atoms with van der Waals surface area (Å²) in [6.45, 7) is 4.10. The second kappa shape index (κ2) is 11.4. The number of anilines is 1. The van der Waals surface area contributed by atoms with Gasteiger partial charge in [-0.25, -0.2) is 4.98 Å². The van der Waals surface area contributed by atoms with Crippen LogP contribution in [0.5, 0.6) is 6.01 Å². The molecule has 0 aliphatic rings. The number of nitrogens with two attached hydrogens (primary N) is 1. The smallest absolute Gasteiger partial charge is 0.318 e. The van der Waals surface area contributed by atoms with Crippen LogP contribution >= 0.6 is 23.2 Å². The molecule has 0 fully saturated rings. The van der Waals surface area contributed by atoms with E-state index >= 15 is 0 Å². The summed E-state index contributed by atoms with van der Waals surface area (Å²) >= 11 is 12.4. The molecule has 0 bridgehead atoms. The van der Waals surface area contributed by atoms with E-state index in [-0.39, 0.29) is 40.0 Å². The van der Waals surface area contributed by atoms with E-state index in [1.165, 1.54) is 37.6 Å². The Kier molecular flexibility index (Phi) is 8.06. The van der Waals surface area contributed by atoms with E-state index < -0.39 is 23.4 Å². The van der Waals surface area contributed by atoms with Crippen molar-refractivity contribution in [2.75, 3.05) is 19.0 Å². The number of hydrogen-bond acceptors (Lipinski definition) is 7. The summed E-state index contributed by atoms with van der Waals surface area (Å²) in [6.07, 6.45) is 1.41. The number of amides is 2. The SMILES string of the molecule is C=C(CN)[C@H](NC(=O)c1ccc(Cl)c(NC(=O)c2cc3cnc(OC)nc3[nH]c2=O)c1)c1cccc(Cl)c1. The summed E-state index contributed by atoms with van der Waals surface area (Å²) in [4.78, 5) is 49.2. The monoisotopic (exact) mass is 552 g/mol. The fraction of sp³-hybridized carbons (Fsp3) is 0.115. The number of carbonyl (C=O) groups is 2. The molecule has 0 radical (unpaired) electrons. The number of hydrogen-bond donors (Lipinski definition) is 4. The van der Waals surface area contributed by atoms with Crippen LogP contribution in [0, 0.1) is 0 Å². The first-order chi connectivity index (χ1) is 18.2. The molecular formula is C26H22Cl2N6O4. The van der Waals surface area contributed by atoms with Crippen molar-refractivity contribution in [2.24, 2.45) is 5.73 Å². The zero-order valence-electron chi connectivity index (χ0n) is 20.0. The second-order valence-electron chi connectivity index (χ2n) is 8.15. The number of fused-ring (bicyclic) bond motifs is 1. The van der Waals surface area contributed by atoms with Gasteiger partial charge < -0.3 is 26.1 Å². The van der Waals surface area contributed by atoms with Crippen LogP contribution in [0.2, 0.25) is 10.0 Å². The van der Waals surface area contributed by atoms with Gasteiger partial charge in [0.15, 0.2) is 0 Å². The minimum atomic E-state index is -0.739. The van der Waals surface area contributed by atoms with Crippen molar-refractivity contribution in [3.63, 3.8) is 0 Å². The fourth-order valence-corrected chi connectivity index (χ4v) is 4.00. The molecule has 2 aromatic heterocycles. The topological polar surface area (TPSA) is 152 Å². The third kappa shape index (κ3) is 5.83. The van der Waals surface area contributed by atoms with Crippen LogP contribution in [-0.4, -0.2) is 40.4 Å². The Hall–Kier alpha value is -4.25. The molecule has 10 nitrogen and oxygen atoms in total. The maximum absolute atomic E-state index is 13.1. The number of methoxy groups -OCH3 is 1. The minimum Gasteiger partial charge on any atom is -0.467 e. The molecule has 2 aromatic carbocycles. The first-order valence-corrected chi connectivity index (χ1v) is 11.9. The van der Waals surface area contributed by atoms with Crippen molar-refractivity contribution in [1.82, 2.24) is 20.3 Å². The minimum absolute atomic E-state index is 0.0693. The summed E-state index contributed by atoms with van der Waals surface area (Å²) in [7, 11) is 1.39. The van der Waals surface area contributed by atoms with Gasteiger partial charge in [0, 0.05) is 28.7 Å². The van der Waals surface area contributed by atoms with E-state index in [2.05, 4.69) is 32.2 Å². The van der Waals surface area contributed by atoms with Gasteiger partial charge in [0.2, 0.25) is 0 Å². The molecule has 38 heavy (non-hydrogen) atoms. The average molecular weight is 553 g/mol. The van der Waals surface area contributed by atoms with E-state index in [1.807, 2.05) is 0 Å². The highest BCUT2D eigenvalue weighted by Gasteiger charge is 2.20. The van der Waals surface area contributed by atoms with Crippen LogP contribution in [0.15, 0.2) is 71.7 Å². The first kappa shape index (κ1) is 26.8. The predicted molar refractivity (Wildman–Crippen MR) is 146 cm³/mol. The van der Waals surface area contributed by atoms with E-state index in [9.17, 15) is 14.4 Å². The number of nitrogens with zero attached hydrogens (tertiary/aromatic N) is 2. The number of halogens is 2.